The maximum absolute atomic E-state index is 14.9. The average Bonchev–Trinajstić information content (AvgIpc) is 3.72. The molecule has 0 amide bonds. The fourth-order valence-electron chi connectivity index (χ4n) is 6.55. The van der Waals surface area contributed by atoms with Crippen molar-refractivity contribution in [3.63, 3.8) is 0 Å². The largest absolute Gasteiger partial charge is 0.461 e. The molecule has 1 spiro atoms. The fourth-order valence-corrected chi connectivity index (χ4v) is 6.55. The molecule has 2 heterocycles. The van der Waals surface area contributed by atoms with E-state index in [0.717, 1.165) is 6.92 Å². The molecular weight excluding hydrogens is 644 g/mol. The zero-order valence-corrected chi connectivity index (χ0v) is 29.9. The summed E-state index contributed by atoms with van der Waals surface area (Å²) in [5, 5.41) is 0. The zero-order chi connectivity index (χ0) is 36.8. The molecule has 49 heavy (non-hydrogen) atoms. The predicted octanol–water partition coefficient (Wildman–Crippen LogP) is 4.70. The number of Topliss-reactive ketones (excluding diaryl/α,β-unsaturated/α-hetero) is 1. The van der Waals surface area contributed by atoms with Gasteiger partial charge in [0.05, 0.1) is 29.4 Å². The molecule has 1 aromatic rings. The SMILES string of the molecule is CCCC(C(=O)c1cc(C(OC)C(C)C)c(OC(C)=O)c(COC(C)=O)c1OC(C)=O)C1CC(OC(C)=O)C2(OC2CC)C(OC(C)=O)O1. The van der Waals surface area contributed by atoms with Crippen LogP contribution >= 0.6 is 0 Å². The third kappa shape index (κ3) is 9.03. The third-order valence-electron chi connectivity index (χ3n) is 8.44. The molecule has 0 N–H and O–H groups in total. The first-order chi connectivity index (χ1) is 23.0. The number of carbonyl (C=O) groups is 6. The molecule has 2 aliphatic heterocycles. The van der Waals surface area contributed by atoms with Crippen LogP contribution in [0.1, 0.15) is 116 Å². The van der Waals surface area contributed by atoms with E-state index in [1.165, 1.54) is 40.9 Å². The Bertz CT molecular complexity index is 1410. The van der Waals surface area contributed by atoms with Crippen LogP contribution in [0.2, 0.25) is 0 Å². The van der Waals surface area contributed by atoms with Crippen molar-refractivity contribution in [3.05, 3.63) is 22.8 Å². The number of epoxide rings is 1. The summed E-state index contributed by atoms with van der Waals surface area (Å²) >= 11 is 0. The number of esters is 5. The summed E-state index contributed by atoms with van der Waals surface area (Å²) in [6, 6.07) is 1.45. The highest BCUT2D eigenvalue weighted by atomic mass is 16.8. The number of ether oxygens (including phenoxy) is 8. The summed E-state index contributed by atoms with van der Waals surface area (Å²) in [6.07, 6.45) is -3.03. The lowest BCUT2D eigenvalue weighted by atomic mass is 9.79. The standard InChI is InChI=1S/C35H48O14/c1-11-13-23(27-15-29(44-19(6)37)35(28(12-2)49-35)34(48-27)47-22(9)40)30(41)24-14-25(31(42-10)17(3)4)33(46-21(8)39)26(16-43-18(5)36)32(24)45-20(7)38/h14,17,23,27-29,31,34H,11-13,15-16H2,1-10H3. The number of benzene rings is 1. The molecule has 3 rings (SSSR count). The van der Waals surface area contributed by atoms with Gasteiger partial charge in [0.15, 0.2) is 17.1 Å². The van der Waals surface area contributed by atoms with E-state index < -0.39 is 84.5 Å². The highest BCUT2D eigenvalue weighted by molar-refractivity contribution is 6.02. The Morgan fingerprint density at radius 2 is 1.49 bits per heavy atom. The molecule has 7 unspecified atom stereocenters. The first-order valence-corrected chi connectivity index (χ1v) is 16.5. The van der Waals surface area contributed by atoms with E-state index in [4.69, 9.17) is 37.9 Å². The van der Waals surface area contributed by atoms with Gasteiger partial charge in [-0.05, 0) is 24.8 Å². The first-order valence-electron chi connectivity index (χ1n) is 16.5. The van der Waals surface area contributed by atoms with Crippen LogP contribution in [-0.2, 0) is 59.0 Å². The van der Waals surface area contributed by atoms with E-state index in [9.17, 15) is 28.8 Å². The number of carbonyl (C=O) groups excluding carboxylic acids is 6. The Hall–Kier alpha value is -3.88. The van der Waals surface area contributed by atoms with Gasteiger partial charge in [0.1, 0.15) is 18.5 Å². The third-order valence-corrected chi connectivity index (χ3v) is 8.44. The van der Waals surface area contributed by atoms with Crippen molar-refractivity contribution >= 4 is 35.6 Å². The molecule has 14 nitrogen and oxygen atoms in total. The summed E-state index contributed by atoms with van der Waals surface area (Å²) in [4.78, 5) is 76.2. The highest BCUT2D eigenvalue weighted by Gasteiger charge is 2.72. The fraction of sp³-hybridized carbons (Fsp3) is 0.657. The minimum atomic E-state index is -1.29. The molecule has 2 aliphatic rings. The number of ketones is 1. The van der Waals surface area contributed by atoms with E-state index in [1.807, 2.05) is 27.7 Å². The second-order valence-electron chi connectivity index (χ2n) is 12.6. The summed E-state index contributed by atoms with van der Waals surface area (Å²) in [5.74, 6) is -5.48. The molecule has 1 aromatic carbocycles. The summed E-state index contributed by atoms with van der Waals surface area (Å²) in [7, 11) is 1.45. The van der Waals surface area contributed by atoms with Gasteiger partial charge in [-0.25, -0.2) is 0 Å². The van der Waals surface area contributed by atoms with Gasteiger partial charge in [-0.15, -0.1) is 0 Å². The van der Waals surface area contributed by atoms with Gasteiger partial charge in [-0.3, -0.25) is 28.8 Å². The van der Waals surface area contributed by atoms with Gasteiger partial charge < -0.3 is 37.9 Å². The Kier molecular flexibility index (Phi) is 13.5. The molecule has 0 aromatic heterocycles. The lowest BCUT2D eigenvalue weighted by Gasteiger charge is -2.41. The van der Waals surface area contributed by atoms with Crippen LogP contribution < -0.4 is 9.47 Å². The predicted molar refractivity (Wildman–Crippen MR) is 170 cm³/mol. The van der Waals surface area contributed by atoms with Crippen molar-refractivity contribution in [1.82, 2.24) is 0 Å². The number of hydrogen-bond donors (Lipinski definition) is 0. The van der Waals surface area contributed by atoms with E-state index in [-0.39, 0.29) is 46.9 Å². The van der Waals surface area contributed by atoms with Gasteiger partial charge >= 0.3 is 29.8 Å². The smallest absolute Gasteiger partial charge is 0.308 e. The van der Waals surface area contributed by atoms with Gasteiger partial charge in [-0.2, -0.15) is 0 Å². The van der Waals surface area contributed by atoms with Gasteiger partial charge in [-0.1, -0.05) is 34.1 Å². The van der Waals surface area contributed by atoms with Crippen molar-refractivity contribution in [2.24, 2.45) is 11.8 Å². The molecule has 272 valence electrons. The normalized spacial score (nSPS) is 24.1. The Morgan fingerprint density at radius 1 is 0.878 bits per heavy atom. The van der Waals surface area contributed by atoms with Crippen LogP contribution in [0.3, 0.4) is 0 Å². The zero-order valence-electron chi connectivity index (χ0n) is 29.9. The summed E-state index contributed by atoms with van der Waals surface area (Å²) in [6.45, 7) is 12.9. The van der Waals surface area contributed by atoms with Gasteiger partial charge in [0.2, 0.25) is 6.29 Å². The molecule has 2 saturated heterocycles. The van der Waals surface area contributed by atoms with E-state index in [0.29, 0.717) is 12.8 Å². The highest BCUT2D eigenvalue weighted by Crippen LogP contribution is 2.53. The molecule has 2 fully saturated rings. The van der Waals surface area contributed by atoms with Crippen molar-refractivity contribution in [2.45, 2.75) is 131 Å². The Labute approximate surface area is 286 Å². The van der Waals surface area contributed by atoms with Crippen LogP contribution in [0.5, 0.6) is 11.5 Å². The molecular formula is C35H48O14. The lowest BCUT2D eigenvalue weighted by molar-refractivity contribution is -0.255. The van der Waals surface area contributed by atoms with Crippen LogP contribution in [0.4, 0.5) is 0 Å². The minimum Gasteiger partial charge on any atom is -0.461 e. The molecule has 7 atom stereocenters. The molecule has 0 radical (unpaired) electrons. The maximum Gasteiger partial charge on any atom is 0.308 e. The minimum absolute atomic E-state index is 0.0263. The topological polar surface area (TPSA) is 180 Å². The van der Waals surface area contributed by atoms with E-state index >= 15 is 0 Å². The van der Waals surface area contributed by atoms with Crippen molar-refractivity contribution in [2.75, 3.05) is 7.11 Å². The second kappa shape index (κ2) is 16.7. The summed E-state index contributed by atoms with van der Waals surface area (Å²) < 4.78 is 46.0. The van der Waals surface area contributed by atoms with Crippen LogP contribution in [0.15, 0.2) is 6.07 Å². The van der Waals surface area contributed by atoms with Crippen LogP contribution in [-0.4, -0.2) is 72.9 Å². The molecule has 0 aliphatic carbocycles. The number of rotatable bonds is 15. The van der Waals surface area contributed by atoms with Crippen molar-refractivity contribution in [3.8, 4) is 11.5 Å². The monoisotopic (exact) mass is 692 g/mol. The average molecular weight is 693 g/mol. The van der Waals surface area contributed by atoms with Gasteiger partial charge in [0.25, 0.3) is 0 Å². The van der Waals surface area contributed by atoms with E-state index in [1.54, 1.807) is 0 Å². The van der Waals surface area contributed by atoms with Crippen molar-refractivity contribution in [1.29, 1.82) is 0 Å². The second-order valence-corrected chi connectivity index (χ2v) is 12.6. The first kappa shape index (κ1) is 39.6. The maximum atomic E-state index is 14.9. The Morgan fingerprint density at radius 3 is 1.96 bits per heavy atom. The quantitative estimate of drug-likeness (QED) is 0.0811. The summed E-state index contributed by atoms with van der Waals surface area (Å²) in [5.41, 5.74) is -1.09. The number of hydrogen-bond acceptors (Lipinski definition) is 14. The van der Waals surface area contributed by atoms with Crippen molar-refractivity contribution < 1.29 is 66.7 Å². The van der Waals surface area contributed by atoms with Gasteiger partial charge in [0, 0.05) is 59.6 Å². The van der Waals surface area contributed by atoms with Crippen LogP contribution in [0.25, 0.3) is 0 Å². The lowest BCUT2D eigenvalue weighted by Crippen LogP contribution is -2.57. The van der Waals surface area contributed by atoms with E-state index in [2.05, 4.69) is 0 Å². The van der Waals surface area contributed by atoms with Crippen LogP contribution in [0, 0.1) is 11.8 Å². The molecule has 14 heteroatoms. The molecule has 0 saturated carbocycles. The number of methoxy groups -OCH3 is 1. The molecule has 0 bridgehead atoms. The Balaban J connectivity index is 2.30.